The summed E-state index contributed by atoms with van der Waals surface area (Å²) in [4.78, 5) is 12.1. The number of carbonyl (C=O) groups is 1. The third-order valence-electron chi connectivity index (χ3n) is 3.05. The molecule has 0 aliphatic rings. The molecule has 2 rings (SSSR count). The third kappa shape index (κ3) is 6.37. The lowest BCUT2D eigenvalue weighted by atomic mass is 10.3. The number of hydrogen-bond acceptors (Lipinski definition) is 5. The van der Waals surface area contributed by atoms with E-state index in [1.165, 1.54) is 13.0 Å². The van der Waals surface area contributed by atoms with Crippen LogP contribution >= 0.6 is 19.3 Å². The summed E-state index contributed by atoms with van der Waals surface area (Å²) in [6.07, 6.45) is -0.296. The first kappa shape index (κ1) is 20.3. The molecule has 0 unspecified atom stereocenters. The van der Waals surface area contributed by atoms with Crippen molar-refractivity contribution in [2.45, 2.75) is 32.9 Å². The number of hydrogen-bond donors (Lipinski definition) is 1. The van der Waals surface area contributed by atoms with E-state index in [0.29, 0.717) is 10.8 Å². The first-order valence-electron chi connectivity index (χ1n) is 8.05. The van der Waals surface area contributed by atoms with Gasteiger partial charge in [0.25, 0.3) is 0 Å². The Morgan fingerprint density at radius 2 is 1.62 bits per heavy atom. The molecule has 0 aliphatic heterocycles. The highest BCUT2D eigenvalue weighted by Gasteiger charge is 2.34. The second kappa shape index (κ2) is 9.08. The number of ether oxygens (including phenoxy) is 1. The van der Waals surface area contributed by atoms with Gasteiger partial charge in [0, 0.05) is 5.02 Å². The first-order chi connectivity index (χ1) is 12.3. The fourth-order valence-electron chi connectivity index (χ4n) is 1.98. The fourth-order valence-corrected chi connectivity index (χ4v) is 3.67. The van der Waals surface area contributed by atoms with Gasteiger partial charge in [-0.2, -0.15) is 5.09 Å². The zero-order valence-corrected chi connectivity index (χ0v) is 16.4. The molecule has 0 bridgehead atoms. The molecule has 0 aromatic heterocycles. The summed E-state index contributed by atoms with van der Waals surface area (Å²) in [5.41, 5.74) is 0. The maximum atomic E-state index is 13.3. The molecule has 26 heavy (non-hydrogen) atoms. The number of rotatable bonds is 8. The quantitative estimate of drug-likeness (QED) is 0.507. The van der Waals surface area contributed by atoms with Crippen molar-refractivity contribution in [2.75, 3.05) is 0 Å². The molecule has 0 aliphatic carbocycles. The van der Waals surface area contributed by atoms with Crippen molar-refractivity contribution in [3.05, 3.63) is 59.6 Å². The standard InChI is InChI=1S/C18H21ClNO5P/c1-13(2)23-18(21)14(3)20-26(22,24-16-9-5-4-6-10-16)25-17-11-7-8-15(19)12-17/h4-14H,1-3H3,(H,20,22)/t14-,26-/m0/s1. The molecular weight excluding hydrogens is 377 g/mol. The molecule has 2 atom stereocenters. The molecular formula is C18H21ClNO5P. The van der Waals surface area contributed by atoms with Crippen LogP contribution in [-0.4, -0.2) is 18.1 Å². The maximum absolute atomic E-state index is 13.3. The largest absolute Gasteiger partial charge is 0.513 e. The summed E-state index contributed by atoms with van der Waals surface area (Å²) in [6.45, 7) is 4.98. The number of esters is 1. The highest BCUT2D eigenvalue weighted by molar-refractivity contribution is 7.52. The van der Waals surface area contributed by atoms with E-state index < -0.39 is 19.8 Å². The molecule has 0 saturated carbocycles. The Morgan fingerprint density at radius 3 is 2.23 bits per heavy atom. The van der Waals surface area contributed by atoms with E-state index in [1.807, 2.05) is 0 Å². The van der Waals surface area contributed by atoms with Gasteiger partial charge in [-0.25, -0.2) is 4.57 Å². The Labute approximate surface area is 158 Å². The van der Waals surface area contributed by atoms with Crippen molar-refractivity contribution in [2.24, 2.45) is 0 Å². The van der Waals surface area contributed by atoms with Gasteiger partial charge in [0.15, 0.2) is 0 Å². The fraction of sp³-hybridized carbons (Fsp3) is 0.278. The lowest BCUT2D eigenvalue weighted by Crippen LogP contribution is -2.36. The Hall–Kier alpha value is -2.01. The van der Waals surface area contributed by atoms with E-state index in [1.54, 1.807) is 62.4 Å². The molecule has 0 amide bonds. The van der Waals surface area contributed by atoms with Gasteiger partial charge in [0.2, 0.25) is 0 Å². The summed E-state index contributed by atoms with van der Waals surface area (Å²) in [5.74, 6) is 0.00932. The maximum Gasteiger partial charge on any atom is 0.513 e. The van der Waals surface area contributed by atoms with Gasteiger partial charge in [0.05, 0.1) is 6.10 Å². The van der Waals surface area contributed by atoms with Crippen molar-refractivity contribution in [3.63, 3.8) is 0 Å². The minimum Gasteiger partial charge on any atom is -0.462 e. The molecule has 2 aromatic rings. The molecule has 0 fully saturated rings. The third-order valence-corrected chi connectivity index (χ3v) is 4.89. The predicted octanol–water partition coefficient (Wildman–Crippen LogP) is 4.84. The van der Waals surface area contributed by atoms with Gasteiger partial charge in [-0.1, -0.05) is 35.9 Å². The van der Waals surface area contributed by atoms with Crippen molar-refractivity contribution >= 4 is 25.3 Å². The molecule has 2 aromatic carbocycles. The van der Waals surface area contributed by atoms with Gasteiger partial charge in [-0.15, -0.1) is 0 Å². The van der Waals surface area contributed by atoms with Crippen LogP contribution in [0.5, 0.6) is 11.5 Å². The van der Waals surface area contributed by atoms with Crippen molar-refractivity contribution in [3.8, 4) is 11.5 Å². The van der Waals surface area contributed by atoms with Crippen LogP contribution in [0.25, 0.3) is 0 Å². The minimum absolute atomic E-state index is 0.244. The minimum atomic E-state index is -3.95. The van der Waals surface area contributed by atoms with Crippen molar-refractivity contribution in [1.82, 2.24) is 5.09 Å². The number of para-hydroxylation sites is 1. The molecule has 0 radical (unpaired) electrons. The Morgan fingerprint density at radius 1 is 1.00 bits per heavy atom. The van der Waals surface area contributed by atoms with Crippen molar-refractivity contribution < 1.29 is 23.1 Å². The Kier molecular flexibility index (Phi) is 7.09. The van der Waals surface area contributed by atoms with Crippen molar-refractivity contribution in [1.29, 1.82) is 0 Å². The van der Waals surface area contributed by atoms with E-state index in [9.17, 15) is 9.36 Å². The highest BCUT2D eigenvalue weighted by Crippen LogP contribution is 2.45. The molecule has 1 N–H and O–H groups in total. The topological polar surface area (TPSA) is 73.9 Å². The normalized spacial score (nSPS) is 14.3. The molecule has 0 heterocycles. The van der Waals surface area contributed by atoms with Gasteiger partial charge >= 0.3 is 13.7 Å². The van der Waals surface area contributed by atoms with Crippen LogP contribution in [-0.2, 0) is 14.1 Å². The number of halogens is 1. The average molecular weight is 398 g/mol. The van der Waals surface area contributed by atoms with Gasteiger partial charge in [-0.3, -0.25) is 4.79 Å². The molecule has 6 nitrogen and oxygen atoms in total. The van der Waals surface area contributed by atoms with Crippen LogP contribution in [0.1, 0.15) is 20.8 Å². The second-order valence-corrected chi connectivity index (χ2v) is 7.84. The summed E-state index contributed by atoms with van der Waals surface area (Å²) in [6, 6.07) is 14.0. The van der Waals surface area contributed by atoms with Crippen LogP contribution in [0, 0.1) is 0 Å². The Bertz CT molecular complexity index is 784. The zero-order valence-electron chi connectivity index (χ0n) is 14.7. The van der Waals surface area contributed by atoms with E-state index in [4.69, 9.17) is 25.4 Å². The number of carbonyl (C=O) groups excluding carboxylic acids is 1. The van der Waals surface area contributed by atoms with Crippen LogP contribution < -0.4 is 14.1 Å². The highest BCUT2D eigenvalue weighted by atomic mass is 35.5. The second-order valence-electron chi connectivity index (χ2n) is 5.79. The summed E-state index contributed by atoms with van der Waals surface area (Å²) >= 11 is 5.94. The van der Waals surface area contributed by atoms with Gasteiger partial charge in [-0.05, 0) is 51.1 Å². The molecule has 140 valence electrons. The van der Waals surface area contributed by atoms with Crippen LogP contribution in [0.3, 0.4) is 0 Å². The predicted molar refractivity (Wildman–Crippen MR) is 101 cm³/mol. The zero-order chi connectivity index (χ0) is 19.2. The SMILES string of the molecule is CC(C)OC(=O)[C@H](C)N[P@](=O)(Oc1ccccc1)Oc1cccc(Cl)c1. The number of nitrogens with one attached hydrogen (secondary N) is 1. The first-order valence-corrected chi connectivity index (χ1v) is 9.97. The van der Waals surface area contributed by atoms with Crippen LogP contribution in [0.2, 0.25) is 5.02 Å². The lowest BCUT2D eigenvalue weighted by Gasteiger charge is -2.23. The van der Waals surface area contributed by atoms with Gasteiger partial charge in [0.1, 0.15) is 17.5 Å². The summed E-state index contributed by atoms with van der Waals surface area (Å²) in [5, 5.41) is 3.03. The summed E-state index contributed by atoms with van der Waals surface area (Å²) in [7, 11) is -3.95. The smallest absolute Gasteiger partial charge is 0.462 e. The number of benzene rings is 2. The van der Waals surface area contributed by atoms with Crippen LogP contribution in [0.15, 0.2) is 54.6 Å². The van der Waals surface area contributed by atoms with E-state index in [0.717, 1.165) is 0 Å². The lowest BCUT2D eigenvalue weighted by molar-refractivity contribution is -0.149. The van der Waals surface area contributed by atoms with Crippen LogP contribution in [0.4, 0.5) is 0 Å². The van der Waals surface area contributed by atoms with E-state index in [-0.39, 0.29) is 11.9 Å². The molecule has 0 saturated heterocycles. The molecule has 8 heteroatoms. The van der Waals surface area contributed by atoms with E-state index in [2.05, 4.69) is 5.09 Å². The van der Waals surface area contributed by atoms with Gasteiger partial charge < -0.3 is 13.8 Å². The molecule has 0 spiro atoms. The van der Waals surface area contributed by atoms with E-state index >= 15 is 0 Å². The summed E-state index contributed by atoms with van der Waals surface area (Å²) < 4.78 is 29.5. The average Bonchev–Trinajstić information content (AvgIpc) is 2.54. The monoisotopic (exact) mass is 397 g/mol. The Balaban J connectivity index is 2.22.